The van der Waals surface area contributed by atoms with Gasteiger partial charge in [0.05, 0.1) is 6.10 Å². The highest BCUT2D eigenvalue weighted by atomic mass is 16.3. The van der Waals surface area contributed by atoms with Gasteiger partial charge in [-0.25, -0.2) is 4.98 Å². The van der Waals surface area contributed by atoms with Gasteiger partial charge in [0.15, 0.2) is 5.82 Å². The molecule has 3 N–H and O–H groups in total. The van der Waals surface area contributed by atoms with Crippen LogP contribution in [0.2, 0.25) is 0 Å². The van der Waals surface area contributed by atoms with Crippen molar-refractivity contribution >= 4 is 5.91 Å². The summed E-state index contributed by atoms with van der Waals surface area (Å²) in [7, 11) is 0. The molecule has 25 heavy (non-hydrogen) atoms. The highest BCUT2D eigenvalue weighted by molar-refractivity contribution is 5.94. The van der Waals surface area contributed by atoms with Crippen molar-refractivity contribution < 1.29 is 9.90 Å². The third kappa shape index (κ3) is 4.66. The summed E-state index contributed by atoms with van der Waals surface area (Å²) in [6.07, 6.45) is 2.62. The molecule has 1 amide bonds. The van der Waals surface area contributed by atoms with Gasteiger partial charge in [-0.3, -0.25) is 9.89 Å². The Hall–Kier alpha value is -2.21. The summed E-state index contributed by atoms with van der Waals surface area (Å²) in [5, 5.41) is 19.7. The predicted molar refractivity (Wildman–Crippen MR) is 96.2 cm³/mol. The molecule has 0 spiro atoms. The average molecular weight is 342 g/mol. The highest BCUT2D eigenvalue weighted by Crippen LogP contribution is 2.38. The molecule has 2 aromatic rings. The van der Waals surface area contributed by atoms with E-state index in [0.717, 1.165) is 11.4 Å². The number of amides is 1. The summed E-state index contributed by atoms with van der Waals surface area (Å²) in [6.45, 7) is 6.34. The fourth-order valence-corrected chi connectivity index (χ4v) is 3.01. The van der Waals surface area contributed by atoms with E-state index in [1.54, 1.807) is 19.1 Å². The number of carbonyl (C=O) groups is 1. The number of aliphatic hydroxyl groups excluding tert-OH is 1. The summed E-state index contributed by atoms with van der Waals surface area (Å²) >= 11 is 0. The van der Waals surface area contributed by atoms with Crippen molar-refractivity contribution in [1.82, 2.24) is 20.5 Å². The fourth-order valence-electron chi connectivity index (χ4n) is 3.01. The minimum absolute atomic E-state index is 0.112. The third-order valence-electron chi connectivity index (χ3n) is 4.45. The van der Waals surface area contributed by atoms with Crippen LogP contribution in [-0.4, -0.2) is 38.8 Å². The van der Waals surface area contributed by atoms with E-state index in [1.165, 1.54) is 12.8 Å². The van der Waals surface area contributed by atoms with E-state index in [0.29, 0.717) is 30.3 Å². The van der Waals surface area contributed by atoms with Crippen LogP contribution in [0, 0.1) is 5.41 Å². The van der Waals surface area contributed by atoms with Gasteiger partial charge < -0.3 is 10.4 Å². The van der Waals surface area contributed by atoms with Crippen molar-refractivity contribution in [3.8, 4) is 11.4 Å². The van der Waals surface area contributed by atoms with Crippen LogP contribution in [0.3, 0.4) is 0 Å². The highest BCUT2D eigenvalue weighted by Gasteiger charge is 2.27. The smallest absolute Gasteiger partial charge is 0.251 e. The second kappa shape index (κ2) is 6.96. The lowest BCUT2D eigenvalue weighted by Crippen LogP contribution is -2.35. The Morgan fingerprint density at radius 2 is 2.04 bits per heavy atom. The van der Waals surface area contributed by atoms with Gasteiger partial charge in [-0.2, -0.15) is 5.10 Å². The first kappa shape index (κ1) is 17.6. The summed E-state index contributed by atoms with van der Waals surface area (Å²) < 4.78 is 0. The van der Waals surface area contributed by atoms with E-state index in [9.17, 15) is 9.90 Å². The lowest BCUT2D eigenvalue weighted by atomic mass is 9.87. The number of carbonyl (C=O) groups excluding carboxylic acids is 1. The van der Waals surface area contributed by atoms with E-state index in [4.69, 9.17) is 0 Å². The number of benzene rings is 1. The van der Waals surface area contributed by atoms with Crippen LogP contribution in [0.1, 0.15) is 62.1 Å². The Morgan fingerprint density at radius 3 is 2.64 bits per heavy atom. The molecule has 1 aliphatic rings. The fraction of sp³-hybridized carbons (Fsp3) is 0.526. The lowest BCUT2D eigenvalue weighted by Gasteiger charge is -2.26. The predicted octanol–water partition coefficient (Wildman–Crippen LogP) is 2.88. The van der Waals surface area contributed by atoms with Crippen LogP contribution in [0.5, 0.6) is 0 Å². The number of nitrogens with one attached hydrogen (secondary N) is 2. The van der Waals surface area contributed by atoms with E-state index in [2.05, 4.69) is 20.5 Å². The van der Waals surface area contributed by atoms with Crippen LogP contribution in [-0.2, 0) is 0 Å². The molecule has 3 rings (SSSR count). The number of hydrogen-bond donors (Lipinski definition) is 3. The second-order valence-corrected chi connectivity index (χ2v) is 7.80. The number of aromatic nitrogens is 3. The van der Waals surface area contributed by atoms with Crippen LogP contribution < -0.4 is 5.32 Å². The SMILES string of the molecule is CC(O)CC(C)(C)CNC(=O)c1ccc(-c2n[nH]c(C3CC3)n2)cc1. The molecule has 134 valence electrons. The Kier molecular flexibility index (Phi) is 4.90. The second-order valence-electron chi connectivity index (χ2n) is 7.80. The van der Waals surface area contributed by atoms with Crippen LogP contribution in [0.4, 0.5) is 0 Å². The number of aromatic amines is 1. The number of rotatable bonds is 7. The minimum atomic E-state index is -0.381. The number of nitrogens with zero attached hydrogens (tertiary/aromatic N) is 2. The molecule has 1 unspecified atom stereocenters. The maximum atomic E-state index is 12.3. The number of aliphatic hydroxyl groups is 1. The molecule has 1 heterocycles. The molecule has 6 nitrogen and oxygen atoms in total. The van der Waals surface area contributed by atoms with Gasteiger partial charge >= 0.3 is 0 Å². The monoisotopic (exact) mass is 342 g/mol. The zero-order valence-electron chi connectivity index (χ0n) is 15.0. The minimum Gasteiger partial charge on any atom is -0.393 e. The van der Waals surface area contributed by atoms with Crippen LogP contribution >= 0.6 is 0 Å². The van der Waals surface area contributed by atoms with Gasteiger partial charge in [0.25, 0.3) is 5.91 Å². The molecular formula is C19H26N4O2. The van der Waals surface area contributed by atoms with Gasteiger partial charge in [-0.15, -0.1) is 0 Å². The van der Waals surface area contributed by atoms with Gasteiger partial charge in [0, 0.05) is 23.6 Å². The zero-order chi connectivity index (χ0) is 18.0. The Labute approximate surface area is 148 Å². The maximum Gasteiger partial charge on any atom is 0.251 e. The van der Waals surface area contributed by atoms with Crippen molar-refractivity contribution in [2.75, 3.05) is 6.54 Å². The first-order valence-electron chi connectivity index (χ1n) is 8.83. The first-order valence-corrected chi connectivity index (χ1v) is 8.83. The standard InChI is InChI=1S/C19H26N4O2/c1-12(24)10-19(2,3)11-20-18(25)15-8-6-14(7-9-15)17-21-16(22-23-17)13-4-5-13/h6-9,12-13,24H,4-5,10-11H2,1-3H3,(H,20,25)(H,21,22,23). The lowest BCUT2D eigenvalue weighted by molar-refractivity contribution is 0.0902. The van der Waals surface area contributed by atoms with Gasteiger partial charge in [-0.05, 0) is 43.7 Å². The molecule has 1 atom stereocenters. The van der Waals surface area contributed by atoms with Crippen molar-refractivity contribution in [3.63, 3.8) is 0 Å². The zero-order valence-corrected chi connectivity index (χ0v) is 15.0. The van der Waals surface area contributed by atoms with E-state index >= 15 is 0 Å². The molecule has 0 aliphatic heterocycles. The Morgan fingerprint density at radius 1 is 1.36 bits per heavy atom. The number of H-pyrrole nitrogens is 1. The molecule has 1 aliphatic carbocycles. The van der Waals surface area contributed by atoms with Gasteiger partial charge in [-0.1, -0.05) is 26.0 Å². The largest absolute Gasteiger partial charge is 0.393 e. The Bertz CT molecular complexity index is 730. The molecular weight excluding hydrogens is 316 g/mol. The summed E-state index contributed by atoms with van der Waals surface area (Å²) in [4.78, 5) is 16.8. The molecule has 1 saturated carbocycles. The van der Waals surface area contributed by atoms with Crippen molar-refractivity contribution in [2.45, 2.75) is 52.1 Å². The first-order chi connectivity index (χ1) is 11.8. The summed E-state index contributed by atoms with van der Waals surface area (Å²) in [5.74, 6) is 2.05. The topological polar surface area (TPSA) is 90.9 Å². The normalized spacial score (nSPS) is 15.8. The molecule has 0 saturated heterocycles. The molecule has 1 aromatic heterocycles. The number of hydrogen-bond acceptors (Lipinski definition) is 4. The van der Waals surface area contributed by atoms with Crippen molar-refractivity contribution in [3.05, 3.63) is 35.7 Å². The summed E-state index contributed by atoms with van der Waals surface area (Å²) in [6, 6.07) is 7.32. The van der Waals surface area contributed by atoms with E-state index < -0.39 is 0 Å². The quantitative estimate of drug-likeness (QED) is 0.721. The average Bonchev–Trinajstić information content (AvgIpc) is 3.29. The molecule has 1 aromatic carbocycles. The van der Waals surface area contributed by atoms with Crippen molar-refractivity contribution in [1.29, 1.82) is 0 Å². The maximum absolute atomic E-state index is 12.3. The van der Waals surface area contributed by atoms with Crippen LogP contribution in [0.15, 0.2) is 24.3 Å². The van der Waals surface area contributed by atoms with Gasteiger partial charge in [0.2, 0.25) is 0 Å². The summed E-state index contributed by atoms with van der Waals surface area (Å²) in [5.41, 5.74) is 1.35. The van der Waals surface area contributed by atoms with Gasteiger partial charge in [0.1, 0.15) is 5.82 Å². The van der Waals surface area contributed by atoms with Crippen molar-refractivity contribution in [2.24, 2.45) is 5.41 Å². The Balaban J connectivity index is 1.60. The molecule has 0 radical (unpaired) electrons. The molecule has 0 bridgehead atoms. The molecule has 1 fully saturated rings. The van der Waals surface area contributed by atoms with E-state index in [-0.39, 0.29) is 17.4 Å². The third-order valence-corrected chi connectivity index (χ3v) is 4.45. The van der Waals surface area contributed by atoms with E-state index in [1.807, 2.05) is 26.0 Å². The van der Waals surface area contributed by atoms with Crippen LogP contribution in [0.25, 0.3) is 11.4 Å². The molecule has 6 heteroatoms.